The molecule has 0 saturated heterocycles. The highest BCUT2D eigenvalue weighted by atomic mass is 19.4. The van der Waals surface area contributed by atoms with Gasteiger partial charge in [-0.1, -0.05) is 18.2 Å². The predicted molar refractivity (Wildman–Crippen MR) is 122 cm³/mol. The highest BCUT2D eigenvalue weighted by Crippen LogP contribution is 2.40. The number of hydrogen-bond acceptors (Lipinski definition) is 4. The molecule has 3 heterocycles. The number of halogens is 3. The SMILES string of the molecule is CCn1cc(-c2cccc3c2CCN(c2cccc4ncc(OC)cc24)C3=O)c(C(F)(F)F)n1. The van der Waals surface area contributed by atoms with Gasteiger partial charge < -0.3 is 9.64 Å². The number of carbonyl (C=O) groups excluding carboxylic acids is 1. The van der Waals surface area contributed by atoms with Crippen LogP contribution in [0.2, 0.25) is 0 Å². The van der Waals surface area contributed by atoms with Crippen LogP contribution in [0.3, 0.4) is 0 Å². The topological polar surface area (TPSA) is 60.2 Å². The van der Waals surface area contributed by atoms with Crippen molar-refractivity contribution in [1.29, 1.82) is 0 Å². The molecule has 0 radical (unpaired) electrons. The van der Waals surface area contributed by atoms with Crippen molar-refractivity contribution in [3.8, 4) is 16.9 Å². The lowest BCUT2D eigenvalue weighted by Crippen LogP contribution is -2.38. The molecule has 0 aliphatic carbocycles. The van der Waals surface area contributed by atoms with Crippen molar-refractivity contribution in [2.24, 2.45) is 0 Å². The molecule has 9 heteroatoms. The molecule has 2 aromatic heterocycles. The first-order valence-corrected chi connectivity index (χ1v) is 10.8. The average Bonchev–Trinajstić information content (AvgIpc) is 3.29. The Balaban J connectivity index is 1.61. The predicted octanol–water partition coefficient (Wildman–Crippen LogP) is 5.35. The number of methoxy groups -OCH3 is 1. The maximum atomic E-state index is 13.7. The number of anilines is 1. The van der Waals surface area contributed by atoms with E-state index in [0.29, 0.717) is 53.2 Å². The molecule has 6 nitrogen and oxygen atoms in total. The first-order valence-electron chi connectivity index (χ1n) is 10.8. The van der Waals surface area contributed by atoms with Crippen molar-refractivity contribution in [2.75, 3.05) is 18.6 Å². The Labute approximate surface area is 193 Å². The molecule has 0 bridgehead atoms. The van der Waals surface area contributed by atoms with Crippen LogP contribution in [0.4, 0.5) is 18.9 Å². The molecule has 0 atom stereocenters. The van der Waals surface area contributed by atoms with Crippen molar-refractivity contribution in [3.05, 3.63) is 71.7 Å². The van der Waals surface area contributed by atoms with Gasteiger partial charge in [0.15, 0.2) is 5.69 Å². The number of ether oxygens (including phenoxy) is 1. The zero-order valence-corrected chi connectivity index (χ0v) is 18.6. The van der Waals surface area contributed by atoms with Gasteiger partial charge in [0, 0.05) is 35.8 Å². The van der Waals surface area contributed by atoms with E-state index in [1.54, 1.807) is 43.3 Å². The molecule has 0 spiro atoms. The maximum absolute atomic E-state index is 13.7. The fourth-order valence-electron chi connectivity index (χ4n) is 4.46. The molecule has 4 aromatic rings. The maximum Gasteiger partial charge on any atom is 0.435 e. The third-order valence-electron chi connectivity index (χ3n) is 6.09. The molecule has 174 valence electrons. The summed E-state index contributed by atoms with van der Waals surface area (Å²) in [6.45, 7) is 2.36. The summed E-state index contributed by atoms with van der Waals surface area (Å²) in [5.74, 6) is 0.301. The molecule has 2 aromatic carbocycles. The number of rotatable bonds is 4. The highest BCUT2D eigenvalue weighted by molar-refractivity contribution is 6.12. The summed E-state index contributed by atoms with van der Waals surface area (Å²) >= 11 is 0. The molecule has 5 rings (SSSR count). The molecule has 0 saturated carbocycles. The number of carbonyl (C=O) groups is 1. The van der Waals surface area contributed by atoms with Crippen molar-refractivity contribution in [1.82, 2.24) is 14.8 Å². The Morgan fingerprint density at radius 1 is 1.09 bits per heavy atom. The van der Waals surface area contributed by atoms with E-state index in [4.69, 9.17) is 4.74 Å². The lowest BCUT2D eigenvalue weighted by Gasteiger charge is -2.30. The molecule has 0 fully saturated rings. The normalized spacial score (nSPS) is 13.9. The Morgan fingerprint density at radius 3 is 2.59 bits per heavy atom. The van der Waals surface area contributed by atoms with Crippen molar-refractivity contribution >= 4 is 22.5 Å². The van der Waals surface area contributed by atoms with E-state index in [-0.39, 0.29) is 11.5 Å². The first kappa shape index (κ1) is 21.9. The number of nitrogens with zero attached hydrogens (tertiary/aromatic N) is 4. The number of aryl methyl sites for hydroxylation is 1. The van der Waals surface area contributed by atoms with Gasteiger partial charge in [0.05, 0.1) is 24.5 Å². The third-order valence-corrected chi connectivity index (χ3v) is 6.09. The highest BCUT2D eigenvalue weighted by Gasteiger charge is 2.39. The number of hydrogen-bond donors (Lipinski definition) is 0. The smallest absolute Gasteiger partial charge is 0.435 e. The summed E-state index contributed by atoms with van der Waals surface area (Å²) in [4.78, 5) is 19.6. The van der Waals surface area contributed by atoms with Crippen LogP contribution in [0.15, 0.2) is 54.9 Å². The largest absolute Gasteiger partial charge is 0.495 e. The van der Waals surface area contributed by atoms with Crippen LogP contribution in [-0.4, -0.2) is 34.3 Å². The fraction of sp³-hybridized carbons (Fsp3) is 0.240. The minimum atomic E-state index is -4.60. The lowest BCUT2D eigenvalue weighted by atomic mass is 9.90. The van der Waals surface area contributed by atoms with E-state index in [1.807, 2.05) is 24.3 Å². The number of benzene rings is 2. The third kappa shape index (κ3) is 3.57. The van der Waals surface area contributed by atoms with Crippen molar-refractivity contribution < 1.29 is 22.7 Å². The van der Waals surface area contributed by atoms with Crippen LogP contribution >= 0.6 is 0 Å². The van der Waals surface area contributed by atoms with Crippen LogP contribution in [0.25, 0.3) is 22.0 Å². The summed E-state index contributed by atoms with van der Waals surface area (Å²) < 4.78 is 47.7. The molecule has 0 N–H and O–H groups in total. The molecule has 1 aliphatic rings. The summed E-state index contributed by atoms with van der Waals surface area (Å²) in [7, 11) is 1.55. The summed E-state index contributed by atoms with van der Waals surface area (Å²) in [6, 6.07) is 12.2. The van der Waals surface area contributed by atoms with Gasteiger partial charge in [-0.3, -0.25) is 14.5 Å². The van der Waals surface area contributed by atoms with Gasteiger partial charge in [-0.05, 0) is 48.7 Å². The number of pyridine rings is 1. The van der Waals surface area contributed by atoms with E-state index >= 15 is 0 Å². The van der Waals surface area contributed by atoms with E-state index < -0.39 is 11.9 Å². The van der Waals surface area contributed by atoms with E-state index in [2.05, 4.69) is 10.1 Å². The van der Waals surface area contributed by atoms with E-state index in [1.165, 1.54) is 10.9 Å². The molecular weight excluding hydrogens is 445 g/mol. The fourth-order valence-corrected chi connectivity index (χ4v) is 4.46. The number of alkyl halides is 3. The first-order chi connectivity index (χ1) is 16.3. The van der Waals surface area contributed by atoms with Crippen LogP contribution in [0.1, 0.15) is 28.5 Å². The molecular formula is C25H21F3N4O2. The minimum Gasteiger partial charge on any atom is -0.495 e. The Morgan fingerprint density at radius 2 is 1.85 bits per heavy atom. The summed E-state index contributed by atoms with van der Waals surface area (Å²) in [6.07, 6.45) is -1.18. The van der Waals surface area contributed by atoms with Crippen LogP contribution in [-0.2, 0) is 19.1 Å². The summed E-state index contributed by atoms with van der Waals surface area (Å²) in [5.41, 5.74) is 1.82. The minimum absolute atomic E-state index is 0.00783. The monoisotopic (exact) mass is 466 g/mol. The van der Waals surface area contributed by atoms with Gasteiger partial charge in [0.1, 0.15) is 5.75 Å². The van der Waals surface area contributed by atoms with Crippen LogP contribution < -0.4 is 9.64 Å². The second-order valence-corrected chi connectivity index (χ2v) is 8.00. The average molecular weight is 466 g/mol. The van der Waals surface area contributed by atoms with Gasteiger partial charge in [-0.2, -0.15) is 18.3 Å². The van der Waals surface area contributed by atoms with Crippen LogP contribution in [0.5, 0.6) is 5.75 Å². The van der Waals surface area contributed by atoms with Crippen molar-refractivity contribution in [2.45, 2.75) is 26.1 Å². The number of fused-ring (bicyclic) bond motifs is 2. The lowest BCUT2D eigenvalue weighted by molar-refractivity contribution is -0.141. The van der Waals surface area contributed by atoms with E-state index in [9.17, 15) is 18.0 Å². The van der Waals surface area contributed by atoms with Gasteiger partial charge in [-0.15, -0.1) is 0 Å². The number of amides is 1. The van der Waals surface area contributed by atoms with Crippen molar-refractivity contribution in [3.63, 3.8) is 0 Å². The summed E-state index contributed by atoms with van der Waals surface area (Å²) in [5, 5.41) is 4.50. The van der Waals surface area contributed by atoms with Gasteiger partial charge in [0.25, 0.3) is 5.91 Å². The molecule has 0 unspecified atom stereocenters. The van der Waals surface area contributed by atoms with Gasteiger partial charge in [-0.25, -0.2) is 0 Å². The molecule has 1 amide bonds. The van der Waals surface area contributed by atoms with Gasteiger partial charge in [0.2, 0.25) is 0 Å². The molecule has 34 heavy (non-hydrogen) atoms. The zero-order chi connectivity index (χ0) is 24.0. The zero-order valence-electron chi connectivity index (χ0n) is 18.6. The Kier molecular flexibility index (Phi) is 5.27. The Bertz CT molecular complexity index is 1410. The second-order valence-electron chi connectivity index (χ2n) is 8.00. The second kappa shape index (κ2) is 8.16. The molecule has 1 aliphatic heterocycles. The van der Waals surface area contributed by atoms with Crippen LogP contribution in [0, 0.1) is 0 Å². The van der Waals surface area contributed by atoms with E-state index in [0.717, 1.165) is 5.39 Å². The standard InChI is InChI=1S/C25H21F3N4O2/c1-3-31-14-20(23(30-31)25(26,27)28)16-6-4-7-18-17(16)10-11-32(24(18)33)22-9-5-8-21-19(22)12-15(34-2)13-29-21/h4-9,12-14H,3,10-11H2,1-2H3. The van der Waals surface area contributed by atoms with Gasteiger partial charge >= 0.3 is 6.18 Å². The Hall–Kier alpha value is -3.88. The number of aromatic nitrogens is 3. The quantitative estimate of drug-likeness (QED) is 0.407.